The lowest BCUT2D eigenvalue weighted by Crippen LogP contribution is -2.50. The Morgan fingerprint density at radius 3 is 2.45 bits per heavy atom. The predicted octanol–water partition coefficient (Wildman–Crippen LogP) is 0.0713. The van der Waals surface area contributed by atoms with E-state index in [0.29, 0.717) is 25.3 Å². The van der Waals surface area contributed by atoms with Gasteiger partial charge in [-0.15, -0.1) is 10.2 Å². The smallest absolute Gasteiger partial charge is 0.274 e. The third-order valence-electron chi connectivity index (χ3n) is 3.93. The molecule has 7 nitrogen and oxygen atoms in total. The van der Waals surface area contributed by atoms with Gasteiger partial charge in [0, 0.05) is 46.8 Å². The first-order valence-corrected chi connectivity index (χ1v) is 7.72. The molecule has 1 amide bonds. The number of anilines is 1. The maximum atomic E-state index is 12.4. The number of rotatable bonds is 5. The van der Waals surface area contributed by atoms with Gasteiger partial charge in [-0.2, -0.15) is 0 Å². The van der Waals surface area contributed by atoms with Crippen LogP contribution in [0.15, 0.2) is 12.1 Å². The van der Waals surface area contributed by atoms with Crippen molar-refractivity contribution in [2.75, 3.05) is 51.7 Å². The number of nitrogens with zero attached hydrogens (tertiary/aromatic N) is 5. The molecule has 1 aromatic rings. The molecule has 0 bridgehead atoms. The molecule has 1 saturated heterocycles. The molecule has 0 aliphatic carbocycles. The van der Waals surface area contributed by atoms with Crippen LogP contribution in [0.2, 0.25) is 0 Å². The van der Waals surface area contributed by atoms with Crippen molar-refractivity contribution in [3.05, 3.63) is 17.8 Å². The Bertz CT molecular complexity index is 483. The number of β-amino-alcohol motifs (C(OH)–C–C–N with tert-alkyl or cyclic N) is 1. The number of carbonyl (C=O) groups is 1. The number of hydrogen-bond acceptors (Lipinski definition) is 6. The average molecular weight is 307 g/mol. The number of aliphatic hydroxyl groups excluding tert-OH is 1. The first-order valence-electron chi connectivity index (χ1n) is 7.72. The molecule has 1 atom stereocenters. The van der Waals surface area contributed by atoms with Crippen molar-refractivity contribution in [1.82, 2.24) is 20.0 Å². The van der Waals surface area contributed by atoms with E-state index in [1.807, 2.05) is 25.9 Å². The normalized spacial score (nSPS) is 17.4. The summed E-state index contributed by atoms with van der Waals surface area (Å²) in [4.78, 5) is 18.2. The van der Waals surface area contributed by atoms with E-state index in [1.54, 1.807) is 17.0 Å². The maximum absolute atomic E-state index is 12.4. The van der Waals surface area contributed by atoms with E-state index in [9.17, 15) is 9.90 Å². The molecule has 0 saturated carbocycles. The zero-order chi connectivity index (χ0) is 16.1. The van der Waals surface area contributed by atoms with Gasteiger partial charge in [0.15, 0.2) is 11.5 Å². The van der Waals surface area contributed by atoms with Gasteiger partial charge in [-0.3, -0.25) is 9.69 Å². The van der Waals surface area contributed by atoms with Gasteiger partial charge in [0.1, 0.15) is 0 Å². The number of amides is 1. The number of piperazine rings is 1. The lowest BCUT2D eigenvalue weighted by Gasteiger charge is -2.35. The maximum Gasteiger partial charge on any atom is 0.274 e. The second-order valence-electron chi connectivity index (χ2n) is 5.83. The highest BCUT2D eigenvalue weighted by Crippen LogP contribution is 2.10. The molecule has 0 radical (unpaired) electrons. The fraction of sp³-hybridized carbons (Fsp3) is 0.667. The standard InChI is InChI=1S/C15H25N5O2/c1-4-12(21)11-19-7-9-20(10-8-19)15(22)13-5-6-14(17-16-13)18(2)3/h5-6,12,21H,4,7-11H2,1-3H3/t12-/m0/s1. The number of aromatic nitrogens is 2. The molecule has 1 aliphatic rings. The summed E-state index contributed by atoms with van der Waals surface area (Å²) in [5, 5.41) is 17.8. The van der Waals surface area contributed by atoms with Crippen LogP contribution in [0, 0.1) is 0 Å². The van der Waals surface area contributed by atoms with Gasteiger partial charge >= 0.3 is 0 Å². The minimum absolute atomic E-state index is 0.0755. The molecular weight excluding hydrogens is 282 g/mol. The molecule has 7 heteroatoms. The molecule has 1 aliphatic heterocycles. The summed E-state index contributed by atoms with van der Waals surface area (Å²) in [5.74, 6) is 0.656. The molecule has 0 aromatic carbocycles. The zero-order valence-electron chi connectivity index (χ0n) is 13.6. The fourth-order valence-electron chi connectivity index (χ4n) is 2.40. The van der Waals surface area contributed by atoms with Crippen molar-refractivity contribution in [2.24, 2.45) is 0 Å². The third-order valence-corrected chi connectivity index (χ3v) is 3.93. The Kier molecular flexibility index (Phi) is 5.68. The molecule has 1 N–H and O–H groups in total. The lowest BCUT2D eigenvalue weighted by atomic mass is 10.2. The van der Waals surface area contributed by atoms with Crippen molar-refractivity contribution in [3.8, 4) is 0 Å². The van der Waals surface area contributed by atoms with Gasteiger partial charge < -0.3 is 14.9 Å². The van der Waals surface area contributed by atoms with Crippen molar-refractivity contribution < 1.29 is 9.90 Å². The number of aliphatic hydroxyl groups is 1. The quantitative estimate of drug-likeness (QED) is 0.830. The molecule has 122 valence electrons. The molecule has 0 unspecified atom stereocenters. The van der Waals surface area contributed by atoms with Crippen LogP contribution in [-0.2, 0) is 0 Å². The SMILES string of the molecule is CC[C@H](O)CN1CCN(C(=O)c2ccc(N(C)C)nn2)CC1. The van der Waals surface area contributed by atoms with E-state index >= 15 is 0 Å². The zero-order valence-corrected chi connectivity index (χ0v) is 13.6. The van der Waals surface area contributed by atoms with Crippen molar-refractivity contribution in [3.63, 3.8) is 0 Å². The van der Waals surface area contributed by atoms with Crippen molar-refractivity contribution >= 4 is 11.7 Å². The molecule has 1 aromatic heterocycles. The second kappa shape index (κ2) is 7.51. The Hall–Kier alpha value is -1.73. The number of hydrogen-bond donors (Lipinski definition) is 1. The van der Waals surface area contributed by atoms with E-state index < -0.39 is 0 Å². The van der Waals surface area contributed by atoms with E-state index in [1.165, 1.54) is 0 Å². The number of carbonyl (C=O) groups excluding carboxylic acids is 1. The van der Waals surface area contributed by atoms with Crippen LogP contribution in [0.5, 0.6) is 0 Å². The summed E-state index contributed by atoms with van der Waals surface area (Å²) in [5.41, 5.74) is 0.382. The van der Waals surface area contributed by atoms with E-state index in [4.69, 9.17) is 0 Å². The van der Waals surface area contributed by atoms with Gasteiger partial charge in [0.2, 0.25) is 0 Å². The first kappa shape index (κ1) is 16.6. The molecular formula is C15H25N5O2. The average Bonchev–Trinajstić information content (AvgIpc) is 2.55. The van der Waals surface area contributed by atoms with Gasteiger partial charge in [-0.05, 0) is 18.6 Å². The largest absolute Gasteiger partial charge is 0.392 e. The summed E-state index contributed by atoms with van der Waals surface area (Å²) in [6.07, 6.45) is 0.471. The molecule has 2 rings (SSSR count). The highest BCUT2D eigenvalue weighted by molar-refractivity contribution is 5.92. The van der Waals surface area contributed by atoms with Crippen molar-refractivity contribution in [2.45, 2.75) is 19.4 Å². The van der Waals surface area contributed by atoms with Crippen LogP contribution in [0.4, 0.5) is 5.82 Å². The van der Waals surface area contributed by atoms with Gasteiger partial charge in [-0.1, -0.05) is 6.92 Å². The van der Waals surface area contributed by atoms with Crippen molar-refractivity contribution in [1.29, 1.82) is 0 Å². The summed E-state index contributed by atoms with van der Waals surface area (Å²) >= 11 is 0. The molecule has 1 fully saturated rings. The van der Waals surface area contributed by atoms with Crippen LogP contribution in [-0.4, -0.2) is 83.9 Å². The second-order valence-corrected chi connectivity index (χ2v) is 5.83. The Balaban J connectivity index is 1.89. The highest BCUT2D eigenvalue weighted by atomic mass is 16.3. The van der Waals surface area contributed by atoms with E-state index in [-0.39, 0.29) is 12.0 Å². The third kappa shape index (κ3) is 4.14. The molecule has 2 heterocycles. The van der Waals surface area contributed by atoms with Crippen LogP contribution < -0.4 is 4.90 Å². The topological polar surface area (TPSA) is 72.8 Å². The molecule has 0 spiro atoms. The summed E-state index contributed by atoms with van der Waals surface area (Å²) < 4.78 is 0. The summed E-state index contributed by atoms with van der Waals surface area (Å²) in [7, 11) is 3.77. The summed E-state index contributed by atoms with van der Waals surface area (Å²) in [6, 6.07) is 3.52. The van der Waals surface area contributed by atoms with Crippen LogP contribution in [0.3, 0.4) is 0 Å². The van der Waals surface area contributed by atoms with E-state index in [0.717, 1.165) is 25.3 Å². The van der Waals surface area contributed by atoms with E-state index in [2.05, 4.69) is 15.1 Å². The van der Waals surface area contributed by atoms with Gasteiger partial charge in [0.05, 0.1) is 6.10 Å². The van der Waals surface area contributed by atoms with Gasteiger partial charge in [0.25, 0.3) is 5.91 Å². The van der Waals surface area contributed by atoms with Crippen LogP contribution in [0.25, 0.3) is 0 Å². The highest BCUT2D eigenvalue weighted by Gasteiger charge is 2.24. The van der Waals surface area contributed by atoms with Gasteiger partial charge in [-0.25, -0.2) is 0 Å². The Labute approximate surface area is 131 Å². The fourth-order valence-corrected chi connectivity index (χ4v) is 2.40. The lowest BCUT2D eigenvalue weighted by molar-refractivity contribution is 0.0518. The Morgan fingerprint density at radius 2 is 1.95 bits per heavy atom. The summed E-state index contributed by atoms with van der Waals surface area (Å²) in [6.45, 7) is 5.53. The minimum Gasteiger partial charge on any atom is -0.392 e. The predicted molar refractivity (Wildman–Crippen MR) is 85.0 cm³/mol. The monoisotopic (exact) mass is 307 g/mol. The van der Waals surface area contributed by atoms with Crippen LogP contribution in [0.1, 0.15) is 23.8 Å². The van der Waals surface area contributed by atoms with Crippen LogP contribution >= 0.6 is 0 Å². The minimum atomic E-state index is -0.285. The Morgan fingerprint density at radius 1 is 1.27 bits per heavy atom. The molecule has 22 heavy (non-hydrogen) atoms. The first-order chi connectivity index (χ1) is 10.5.